The summed E-state index contributed by atoms with van der Waals surface area (Å²) in [5.41, 5.74) is 1.29. The maximum Gasteiger partial charge on any atom is 0.118 e. The Kier molecular flexibility index (Phi) is 5.37. The number of furan rings is 1. The molecular formula is C15H26N2OS. The highest BCUT2D eigenvalue weighted by Crippen LogP contribution is 2.23. The van der Waals surface area contributed by atoms with E-state index < -0.39 is 0 Å². The number of hydrogen-bond acceptors (Lipinski definition) is 4. The van der Waals surface area contributed by atoms with Gasteiger partial charge < -0.3 is 9.73 Å². The predicted octanol–water partition coefficient (Wildman–Crippen LogP) is 3.02. The molecule has 1 aliphatic rings. The molecule has 4 heteroatoms. The van der Waals surface area contributed by atoms with Gasteiger partial charge in [-0.1, -0.05) is 13.8 Å². The van der Waals surface area contributed by atoms with Gasteiger partial charge in [-0.15, -0.1) is 0 Å². The van der Waals surface area contributed by atoms with Gasteiger partial charge >= 0.3 is 0 Å². The van der Waals surface area contributed by atoms with Crippen LogP contribution in [0.2, 0.25) is 0 Å². The van der Waals surface area contributed by atoms with Crippen molar-refractivity contribution in [2.24, 2.45) is 0 Å². The Morgan fingerprint density at radius 1 is 1.53 bits per heavy atom. The van der Waals surface area contributed by atoms with Gasteiger partial charge in [-0.2, -0.15) is 11.8 Å². The zero-order valence-corrected chi connectivity index (χ0v) is 13.3. The van der Waals surface area contributed by atoms with E-state index in [4.69, 9.17) is 4.42 Å². The van der Waals surface area contributed by atoms with Gasteiger partial charge in [0.15, 0.2) is 0 Å². The Balaban J connectivity index is 1.91. The van der Waals surface area contributed by atoms with E-state index in [1.54, 1.807) is 0 Å². The molecule has 1 aromatic heterocycles. The lowest BCUT2D eigenvalue weighted by Gasteiger charge is -2.21. The fraction of sp³-hybridized carbons (Fsp3) is 0.733. The Hall–Kier alpha value is -0.450. The van der Waals surface area contributed by atoms with E-state index >= 15 is 0 Å². The van der Waals surface area contributed by atoms with Crippen LogP contribution in [0.3, 0.4) is 0 Å². The molecule has 2 rings (SSSR count). The third-order valence-electron chi connectivity index (χ3n) is 3.71. The van der Waals surface area contributed by atoms with E-state index in [0.717, 1.165) is 24.6 Å². The van der Waals surface area contributed by atoms with Crippen LogP contribution in [0.25, 0.3) is 0 Å². The topological polar surface area (TPSA) is 28.4 Å². The van der Waals surface area contributed by atoms with Gasteiger partial charge in [0, 0.05) is 29.9 Å². The highest BCUT2D eigenvalue weighted by molar-refractivity contribution is 7.99. The van der Waals surface area contributed by atoms with E-state index in [-0.39, 0.29) is 0 Å². The second-order valence-electron chi connectivity index (χ2n) is 5.76. The number of nitrogens with zero attached hydrogens (tertiary/aromatic N) is 1. The Morgan fingerprint density at radius 3 is 2.95 bits per heavy atom. The molecule has 0 aromatic carbocycles. The zero-order valence-electron chi connectivity index (χ0n) is 12.5. The van der Waals surface area contributed by atoms with Crippen molar-refractivity contribution in [2.45, 2.75) is 52.4 Å². The number of nitrogens with one attached hydrogen (secondary N) is 1. The summed E-state index contributed by atoms with van der Waals surface area (Å²) in [5.74, 6) is 4.71. The van der Waals surface area contributed by atoms with Crippen LogP contribution < -0.4 is 5.32 Å². The maximum atomic E-state index is 5.89. The first kappa shape index (κ1) is 14.9. The third-order valence-corrected chi connectivity index (χ3v) is 4.85. The number of hydrogen-bond donors (Lipinski definition) is 1. The van der Waals surface area contributed by atoms with Crippen molar-refractivity contribution in [1.29, 1.82) is 0 Å². The number of rotatable bonds is 6. The summed E-state index contributed by atoms with van der Waals surface area (Å²) in [4.78, 5) is 2.43. The Labute approximate surface area is 121 Å². The summed E-state index contributed by atoms with van der Waals surface area (Å²) in [5, 5.41) is 3.45. The number of aryl methyl sites for hydroxylation is 1. The molecule has 0 saturated carbocycles. The first-order chi connectivity index (χ1) is 9.06. The Morgan fingerprint density at radius 2 is 2.32 bits per heavy atom. The smallest absolute Gasteiger partial charge is 0.118 e. The summed E-state index contributed by atoms with van der Waals surface area (Å²) in [6.45, 7) is 8.22. The van der Waals surface area contributed by atoms with Gasteiger partial charge in [0.1, 0.15) is 11.5 Å². The quantitative estimate of drug-likeness (QED) is 0.868. The van der Waals surface area contributed by atoms with E-state index in [1.165, 1.54) is 23.5 Å². The first-order valence-corrected chi connectivity index (χ1v) is 8.31. The normalized spacial score (nSPS) is 19.8. The van der Waals surface area contributed by atoms with Crippen LogP contribution in [-0.2, 0) is 13.1 Å². The molecular weight excluding hydrogens is 256 g/mol. The summed E-state index contributed by atoms with van der Waals surface area (Å²) in [7, 11) is 2.21. The molecule has 1 fully saturated rings. The molecule has 0 aliphatic carbocycles. The molecule has 19 heavy (non-hydrogen) atoms. The van der Waals surface area contributed by atoms with Gasteiger partial charge in [-0.3, -0.25) is 4.90 Å². The summed E-state index contributed by atoms with van der Waals surface area (Å²) in [6.07, 6.45) is 1.31. The van der Waals surface area contributed by atoms with Crippen LogP contribution >= 0.6 is 11.8 Å². The van der Waals surface area contributed by atoms with E-state index in [1.807, 2.05) is 0 Å². The summed E-state index contributed by atoms with van der Waals surface area (Å²) in [6, 6.07) is 3.44. The lowest BCUT2D eigenvalue weighted by atomic mass is 10.2. The Bertz CT molecular complexity index is 397. The minimum absolute atomic E-state index is 0.510. The minimum atomic E-state index is 0.510. The van der Waals surface area contributed by atoms with Crippen LogP contribution in [0.4, 0.5) is 0 Å². The predicted molar refractivity (Wildman–Crippen MR) is 82.6 cm³/mol. The van der Waals surface area contributed by atoms with Crippen molar-refractivity contribution < 1.29 is 4.42 Å². The molecule has 1 aliphatic heterocycles. The second-order valence-corrected chi connectivity index (χ2v) is 6.91. The molecule has 0 amide bonds. The molecule has 1 saturated heterocycles. The lowest BCUT2D eigenvalue weighted by molar-refractivity contribution is 0.233. The fourth-order valence-electron chi connectivity index (χ4n) is 2.40. The van der Waals surface area contributed by atoms with Gasteiger partial charge in [0.2, 0.25) is 0 Å². The van der Waals surface area contributed by atoms with Crippen molar-refractivity contribution in [2.75, 3.05) is 18.6 Å². The van der Waals surface area contributed by atoms with Gasteiger partial charge in [-0.05, 0) is 32.2 Å². The second kappa shape index (κ2) is 6.82. The van der Waals surface area contributed by atoms with Crippen molar-refractivity contribution >= 4 is 11.8 Å². The van der Waals surface area contributed by atoms with Gasteiger partial charge in [0.25, 0.3) is 0 Å². The molecule has 108 valence electrons. The van der Waals surface area contributed by atoms with Gasteiger partial charge in [0.05, 0.1) is 6.54 Å². The largest absolute Gasteiger partial charge is 0.465 e. The molecule has 1 unspecified atom stereocenters. The highest BCUT2D eigenvalue weighted by Gasteiger charge is 2.21. The summed E-state index contributed by atoms with van der Waals surface area (Å²) >= 11 is 2.06. The van der Waals surface area contributed by atoms with Crippen LogP contribution in [0.1, 0.15) is 37.4 Å². The lowest BCUT2D eigenvalue weighted by Crippen LogP contribution is -2.30. The average molecular weight is 282 g/mol. The maximum absolute atomic E-state index is 5.89. The third kappa shape index (κ3) is 4.26. The van der Waals surface area contributed by atoms with Crippen LogP contribution in [0, 0.1) is 6.92 Å². The molecule has 0 radical (unpaired) electrons. The van der Waals surface area contributed by atoms with Gasteiger partial charge in [-0.25, -0.2) is 0 Å². The monoisotopic (exact) mass is 282 g/mol. The number of thioether (sulfide) groups is 1. The van der Waals surface area contributed by atoms with Crippen LogP contribution in [-0.4, -0.2) is 35.5 Å². The van der Waals surface area contributed by atoms with E-state index in [2.05, 4.69) is 55.9 Å². The van der Waals surface area contributed by atoms with Crippen molar-refractivity contribution in [3.63, 3.8) is 0 Å². The molecule has 0 bridgehead atoms. The zero-order chi connectivity index (χ0) is 13.8. The molecule has 0 spiro atoms. The SMILES string of the molecule is Cc1oc(CN(C)C2CCSC2)cc1CNC(C)C. The molecule has 1 aromatic rings. The molecule has 3 nitrogen and oxygen atoms in total. The van der Waals surface area contributed by atoms with Crippen LogP contribution in [0.15, 0.2) is 10.5 Å². The highest BCUT2D eigenvalue weighted by atomic mass is 32.2. The van der Waals surface area contributed by atoms with E-state index in [0.29, 0.717) is 12.1 Å². The van der Waals surface area contributed by atoms with Crippen molar-refractivity contribution in [3.05, 3.63) is 23.2 Å². The molecule has 1 N–H and O–H groups in total. The van der Waals surface area contributed by atoms with Crippen molar-refractivity contribution in [1.82, 2.24) is 10.2 Å². The van der Waals surface area contributed by atoms with E-state index in [9.17, 15) is 0 Å². The fourth-order valence-corrected chi connectivity index (χ4v) is 3.70. The van der Waals surface area contributed by atoms with Crippen LogP contribution in [0.5, 0.6) is 0 Å². The first-order valence-electron chi connectivity index (χ1n) is 7.16. The minimum Gasteiger partial charge on any atom is -0.465 e. The summed E-state index contributed by atoms with van der Waals surface area (Å²) < 4.78 is 5.89. The average Bonchev–Trinajstić information content (AvgIpc) is 2.96. The standard InChI is InChI=1S/C15H26N2OS/c1-11(2)16-8-13-7-15(18-12(13)3)9-17(4)14-5-6-19-10-14/h7,11,14,16H,5-6,8-10H2,1-4H3. The van der Waals surface area contributed by atoms with Crippen molar-refractivity contribution in [3.8, 4) is 0 Å². The molecule has 2 heterocycles. The molecule has 1 atom stereocenters.